The van der Waals surface area contributed by atoms with E-state index in [0.717, 1.165) is 24.0 Å². The summed E-state index contributed by atoms with van der Waals surface area (Å²) in [5.74, 6) is -1.34. The van der Waals surface area contributed by atoms with Gasteiger partial charge < -0.3 is 20.1 Å². The van der Waals surface area contributed by atoms with Crippen LogP contribution >= 0.6 is 0 Å². The molecule has 0 aromatic heterocycles. The van der Waals surface area contributed by atoms with Gasteiger partial charge in [0, 0.05) is 24.4 Å². The van der Waals surface area contributed by atoms with E-state index in [1.807, 2.05) is 24.3 Å². The molecule has 1 heterocycles. The van der Waals surface area contributed by atoms with Gasteiger partial charge >= 0.3 is 12.1 Å². The van der Waals surface area contributed by atoms with E-state index in [1.54, 1.807) is 6.92 Å². The fraction of sp³-hybridized carbons (Fsp3) is 0.464. The number of ether oxygens (including phenoxy) is 1. The molecule has 1 saturated carbocycles. The second-order valence-corrected chi connectivity index (χ2v) is 10.2. The van der Waals surface area contributed by atoms with Crippen molar-refractivity contribution in [3.8, 4) is 11.1 Å². The summed E-state index contributed by atoms with van der Waals surface area (Å²) in [4.78, 5) is 39.3. The third-order valence-corrected chi connectivity index (χ3v) is 8.06. The van der Waals surface area contributed by atoms with Crippen molar-refractivity contribution >= 4 is 18.0 Å². The van der Waals surface area contributed by atoms with Crippen LogP contribution in [-0.4, -0.2) is 52.7 Å². The molecular weight excluding hydrogens is 444 g/mol. The first-order valence-corrected chi connectivity index (χ1v) is 12.5. The zero-order chi connectivity index (χ0) is 24.6. The Balaban J connectivity index is 1.19. The summed E-state index contributed by atoms with van der Waals surface area (Å²) in [7, 11) is 0. The number of aliphatic carboxylic acids is 1. The van der Waals surface area contributed by atoms with Gasteiger partial charge in [0.15, 0.2) is 0 Å². The van der Waals surface area contributed by atoms with Crippen LogP contribution in [0.5, 0.6) is 0 Å². The summed E-state index contributed by atoms with van der Waals surface area (Å²) in [5, 5.41) is 12.6. The fourth-order valence-electron chi connectivity index (χ4n) is 6.11. The van der Waals surface area contributed by atoms with Crippen molar-refractivity contribution in [1.29, 1.82) is 0 Å². The van der Waals surface area contributed by atoms with Crippen molar-refractivity contribution in [2.75, 3.05) is 13.2 Å². The third-order valence-electron chi connectivity index (χ3n) is 8.06. The molecule has 2 unspecified atom stereocenters. The first-order chi connectivity index (χ1) is 16.9. The minimum atomic E-state index is -1.13. The van der Waals surface area contributed by atoms with E-state index < -0.39 is 17.6 Å². The molecule has 2 aromatic carbocycles. The lowest BCUT2D eigenvalue weighted by atomic mass is 9.84. The van der Waals surface area contributed by atoms with Crippen molar-refractivity contribution < 1.29 is 24.2 Å². The lowest BCUT2D eigenvalue weighted by Gasteiger charge is -2.36. The average molecular weight is 477 g/mol. The average Bonchev–Trinajstić information content (AvgIpc) is 3.41. The van der Waals surface area contributed by atoms with Crippen molar-refractivity contribution in [3.63, 3.8) is 0 Å². The molecule has 2 N–H and O–H groups in total. The van der Waals surface area contributed by atoms with E-state index in [1.165, 1.54) is 16.0 Å². The normalized spacial score (nSPS) is 25.6. The second kappa shape index (κ2) is 9.36. The molecule has 2 fully saturated rings. The van der Waals surface area contributed by atoms with E-state index in [2.05, 4.69) is 29.6 Å². The van der Waals surface area contributed by atoms with Crippen LogP contribution < -0.4 is 5.32 Å². The third kappa shape index (κ3) is 4.28. The lowest BCUT2D eigenvalue weighted by molar-refractivity contribution is -0.157. The number of carbonyl (C=O) groups excluding carboxylic acids is 2. The van der Waals surface area contributed by atoms with E-state index in [0.29, 0.717) is 32.2 Å². The molecule has 2 aromatic rings. The van der Waals surface area contributed by atoms with Crippen LogP contribution in [0.4, 0.5) is 4.79 Å². The smallest absolute Gasteiger partial charge is 0.407 e. The molecule has 2 amide bonds. The van der Waals surface area contributed by atoms with E-state index in [4.69, 9.17) is 4.74 Å². The van der Waals surface area contributed by atoms with Crippen molar-refractivity contribution in [2.24, 2.45) is 5.92 Å². The highest BCUT2D eigenvalue weighted by molar-refractivity contribution is 5.88. The van der Waals surface area contributed by atoms with Gasteiger partial charge in [-0.15, -0.1) is 0 Å². The summed E-state index contributed by atoms with van der Waals surface area (Å²) >= 11 is 0. The van der Waals surface area contributed by atoms with Crippen LogP contribution in [0.3, 0.4) is 0 Å². The van der Waals surface area contributed by atoms with Crippen LogP contribution in [0.1, 0.15) is 62.5 Å². The van der Waals surface area contributed by atoms with Gasteiger partial charge in [0.2, 0.25) is 5.91 Å². The first kappa shape index (κ1) is 23.4. The predicted octanol–water partition coefficient (Wildman–Crippen LogP) is 4.55. The molecule has 3 aliphatic rings. The number of hydrogen-bond donors (Lipinski definition) is 2. The Kier molecular flexibility index (Phi) is 6.26. The summed E-state index contributed by atoms with van der Waals surface area (Å²) in [6.45, 7) is 2.36. The van der Waals surface area contributed by atoms with Gasteiger partial charge in [-0.3, -0.25) is 4.79 Å². The number of amides is 2. The number of nitrogens with one attached hydrogen (secondary N) is 1. The van der Waals surface area contributed by atoms with Crippen LogP contribution in [0, 0.1) is 5.92 Å². The Morgan fingerprint density at radius 1 is 1.03 bits per heavy atom. The van der Waals surface area contributed by atoms with Crippen molar-refractivity contribution in [2.45, 2.75) is 62.9 Å². The summed E-state index contributed by atoms with van der Waals surface area (Å²) < 4.78 is 5.68. The molecule has 7 heteroatoms. The van der Waals surface area contributed by atoms with Crippen LogP contribution in [0.25, 0.3) is 11.1 Å². The number of likely N-dealkylation sites (tertiary alicyclic amines) is 1. The van der Waals surface area contributed by atoms with Gasteiger partial charge in [0.25, 0.3) is 0 Å². The van der Waals surface area contributed by atoms with Crippen molar-refractivity contribution in [1.82, 2.24) is 10.2 Å². The molecule has 7 nitrogen and oxygen atoms in total. The van der Waals surface area contributed by atoms with Gasteiger partial charge in [-0.2, -0.15) is 0 Å². The maximum Gasteiger partial charge on any atom is 0.407 e. The summed E-state index contributed by atoms with van der Waals surface area (Å²) in [6, 6.07) is 16.3. The van der Waals surface area contributed by atoms with Gasteiger partial charge in [-0.25, -0.2) is 9.59 Å². The van der Waals surface area contributed by atoms with E-state index >= 15 is 0 Å². The maximum atomic E-state index is 13.2. The second-order valence-electron chi connectivity index (χ2n) is 10.2. The number of hydrogen-bond acceptors (Lipinski definition) is 4. The molecule has 1 aliphatic heterocycles. The molecule has 35 heavy (non-hydrogen) atoms. The first-order valence-electron chi connectivity index (χ1n) is 12.5. The molecule has 2 aliphatic carbocycles. The Morgan fingerprint density at radius 2 is 1.69 bits per heavy atom. The molecular formula is C28H32N2O5. The predicted molar refractivity (Wildman–Crippen MR) is 131 cm³/mol. The number of rotatable bonds is 5. The fourth-order valence-corrected chi connectivity index (χ4v) is 6.11. The number of fused-ring (bicyclic) bond motifs is 3. The number of benzene rings is 2. The van der Waals surface area contributed by atoms with Gasteiger partial charge in [-0.1, -0.05) is 55.0 Å². The Labute approximate surface area is 205 Å². The van der Waals surface area contributed by atoms with E-state index in [-0.39, 0.29) is 30.4 Å². The van der Waals surface area contributed by atoms with Gasteiger partial charge in [0.1, 0.15) is 12.1 Å². The SMILES string of the molecule is C[C@]1(C(=O)O)CCCN1C(=O)C1CCCC(NC(=O)OCC2c3ccccc3-c3ccccc32)C1. The minimum Gasteiger partial charge on any atom is -0.480 e. The van der Waals surface area contributed by atoms with Crippen LogP contribution in [-0.2, 0) is 14.3 Å². The maximum absolute atomic E-state index is 13.2. The Bertz CT molecular complexity index is 1100. The standard InChI is InChI=1S/C28H32N2O5/c1-28(26(32)33)14-7-15-30(28)25(31)18-8-6-9-19(16-18)29-27(34)35-17-24-22-12-4-2-10-20(22)21-11-3-5-13-23(21)24/h2-5,10-13,18-19,24H,6-9,14-17H2,1H3,(H,29,34)(H,32,33)/t18?,19?,28-/m1/s1. The van der Waals surface area contributed by atoms with Crippen LogP contribution in [0.2, 0.25) is 0 Å². The minimum absolute atomic E-state index is 0.00213. The Morgan fingerprint density at radius 3 is 2.34 bits per heavy atom. The molecule has 0 spiro atoms. The summed E-state index contributed by atoms with van der Waals surface area (Å²) in [5.41, 5.74) is 3.56. The number of nitrogens with zero attached hydrogens (tertiary/aromatic N) is 1. The van der Waals surface area contributed by atoms with Crippen LogP contribution in [0.15, 0.2) is 48.5 Å². The lowest BCUT2D eigenvalue weighted by Crippen LogP contribution is -2.53. The largest absolute Gasteiger partial charge is 0.480 e. The van der Waals surface area contributed by atoms with Gasteiger partial charge in [0.05, 0.1) is 0 Å². The monoisotopic (exact) mass is 476 g/mol. The number of carbonyl (C=O) groups is 3. The zero-order valence-corrected chi connectivity index (χ0v) is 20.0. The number of carboxylic acid groups (broad SMARTS) is 1. The molecule has 1 saturated heterocycles. The highest BCUT2D eigenvalue weighted by Crippen LogP contribution is 2.44. The molecule has 3 atom stereocenters. The molecule has 5 rings (SSSR count). The highest BCUT2D eigenvalue weighted by atomic mass is 16.5. The zero-order valence-electron chi connectivity index (χ0n) is 20.0. The molecule has 0 bridgehead atoms. The molecule has 0 radical (unpaired) electrons. The van der Waals surface area contributed by atoms with Gasteiger partial charge in [-0.05, 0) is 61.3 Å². The summed E-state index contributed by atoms with van der Waals surface area (Å²) in [6.07, 6.45) is 3.52. The molecule has 184 valence electrons. The van der Waals surface area contributed by atoms with E-state index in [9.17, 15) is 19.5 Å². The number of carboxylic acids is 1. The topological polar surface area (TPSA) is 95.9 Å². The Hall–Kier alpha value is -3.35. The quantitative estimate of drug-likeness (QED) is 0.660. The highest BCUT2D eigenvalue weighted by Gasteiger charge is 2.47. The number of alkyl carbamates (subject to hydrolysis) is 1. The van der Waals surface area contributed by atoms with Crippen molar-refractivity contribution in [3.05, 3.63) is 59.7 Å².